The van der Waals surface area contributed by atoms with Crippen molar-refractivity contribution in [3.63, 3.8) is 0 Å². The molecule has 0 aliphatic rings. The lowest BCUT2D eigenvalue weighted by atomic mass is 10.2. The summed E-state index contributed by atoms with van der Waals surface area (Å²) in [4.78, 5) is 27.0. The van der Waals surface area contributed by atoms with Gasteiger partial charge >= 0.3 is 11.7 Å². The molecule has 3 rings (SSSR count). The van der Waals surface area contributed by atoms with Crippen LogP contribution < -0.4 is 16.7 Å². The average molecular weight is 296 g/mol. The number of nitrogen functional groups attached to an aromatic ring is 1. The molecule has 0 unspecified atom stereocenters. The van der Waals surface area contributed by atoms with Crippen molar-refractivity contribution in [3.8, 4) is 0 Å². The maximum Gasteiger partial charge on any atom is 0.334 e. The monoisotopic (exact) mass is 296 g/mol. The zero-order valence-corrected chi connectivity index (χ0v) is 12.1. The van der Waals surface area contributed by atoms with Gasteiger partial charge in [-0.3, -0.25) is 0 Å². The van der Waals surface area contributed by atoms with Gasteiger partial charge in [0.1, 0.15) is 0 Å². The lowest BCUT2D eigenvalue weighted by Gasteiger charge is -2.07. The first-order valence-corrected chi connectivity index (χ1v) is 6.89. The predicted molar refractivity (Wildman–Crippen MR) is 85.8 cm³/mol. The van der Waals surface area contributed by atoms with E-state index in [0.717, 1.165) is 15.7 Å². The Balaban J connectivity index is 1.92. The Hall–Kier alpha value is -3.02. The van der Waals surface area contributed by atoms with E-state index in [-0.39, 0.29) is 0 Å². The summed E-state index contributed by atoms with van der Waals surface area (Å²) >= 11 is 0. The van der Waals surface area contributed by atoms with E-state index in [2.05, 4.69) is 10.3 Å². The highest BCUT2D eigenvalue weighted by Gasteiger charge is 2.14. The highest BCUT2D eigenvalue weighted by atomic mass is 16.2. The van der Waals surface area contributed by atoms with Gasteiger partial charge in [0.25, 0.3) is 0 Å². The van der Waals surface area contributed by atoms with E-state index in [4.69, 9.17) is 5.73 Å². The molecule has 2 aromatic carbocycles. The number of rotatable bonds is 2. The Morgan fingerprint density at radius 2 is 2.00 bits per heavy atom. The quantitative estimate of drug-likeness (QED) is 0.631. The molecule has 0 fully saturated rings. The molecule has 0 aliphatic heterocycles. The standard InChI is InChI=1S/C16H16N4O2/c1-10-7-13-14(8-12(10)17)20(16(22)19-13)15(21)18-9-11-5-3-2-4-6-11/h2-8H,9,17H2,1H3,(H,18,21)(H,19,22). The zero-order chi connectivity index (χ0) is 15.7. The summed E-state index contributed by atoms with van der Waals surface area (Å²) < 4.78 is 1.06. The lowest BCUT2D eigenvalue weighted by Crippen LogP contribution is -2.34. The smallest absolute Gasteiger partial charge is 0.334 e. The average Bonchev–Trinajstić information content (AvgIpc) is 2.81. The van der Waals surface area contributed by atoms with E-state index in [1.54, 1.807) is 12.1 Å². The Morgan fingerprint density at radius 3 is 2.73 bits per heavy atom. The molecule has 0 bridgehead atoms. The number of benzene rings is 2. The van der Waals surface area contributed by atoms with E-state index in [0.29, 0.717) is 23.3 Å². The largest absolute Gasteiger partial charge is 0.398 e. The van der Waals surface area contributed by atoms with Crippen molar-refractivity contribution in [1.29, 1.82) is 0 Å². The van der Waals surface area contributed by atoms with Crippen molar-refractivity contribution in [1.82, 2.24) is 14.9 Å². The van der Waals surface area contributed by atoms with Crippen LogP contribution in [0.2, 0.25) is 0 Å². The maximum absolute atomic E-state index is 12.3. The van der Waals surface area contributed by atoms with Gasteiger partial charge in [0.2, 0.25) is 0 Å². The van der Waals surface area contributed by atoms with E-state index in [1.807, 2.05) is 37.3 Å². The van der Waals surface area contributed by atoms with Crippen LogP contribution in [-0.4, -0.2) is 15.6 Å². The SMILES string of the molecule is Cc1cc2[nH]c(=O)n(C(=O)NCc3ccccc3)c2cc1N. The summed E-state index contributed by atoms with van der Waals surface area (Å²) in [6.45, 7) is 2.19. The number of aromatic nitrogens is 2. The first kappa shape index (κ1) is 13.9. The fraction of sp³-hybridized carbons (Fsp3) is 0.125. The van der Waals surface area contributed by atoms with Crippen molar-refractivity contribution in [2.45, 2.75) is 13.5 Å². The molecule has 1 amide bonds. The van der Waals surface area contributed by atoms with Crippen molar-refractivity contribution in [2.24, 2.45) is 0 Å². The summed E-state index contributed by atoms with van der Waals surface area (Å²) in [6.07, 6.45) is 0. The first-order chi connectivity index (χ1) is 10.6. The molecule has 0 saturated carbocycles. The molecule has 0 aliphatic carbocycles. The van der Waals surface area contributed by atoms with Gasteiger partial charge in [-0.2, -0.15) is 0 Å². The van der Waals surface area contributed by atoms with Gasteiger partial charge in [-0.05, 0) is 30.2 Å². The van der Waals surface area contributed by atoms with Crippen molar-refractivity contribution in [3.05, 3.63) is 64.1 Å². The number of nitrogens with one attached hydrogen (secondary N) is 2. The maximum atomic E-state index is 12.3. The van der Waals surface area contributed by atoms with Gasteiger partial charge in [-0.15, -0.1) is 0 Å². The van der Waals surface area contributed by atoms with Gasteiger partial charge in [0, 0.05) is 12.2 Å². The van der Waals surface area contributed by atoms with Crippen LogP contribution in [0.15, 0.2) is 47.3 Å². The Morgan fingerprint density at radius 1 is 1.27 bits per heavy atom. The minimum absolute atomic E-state index is 0.347. The molecular weight excluding hydrogens is 280 g/mol. The van der Waals surface area contributed by atoms with E-state index in [1.165, 1.54) is 0 Å². The molecule has 0 radical (unpaired) electrons. The third-order valence-corrected chi connectivity index (χ3v) is 3.56. The fourth-order valence-electron chi connectivity index (χ4n) is 2.33. The predicted octanol–water partition coefficient (Wildman–Crippen LogP) is 1.98. The normalized spacial score (nSPS) is 10.8. The minimum atomic E-state index is -0.483. The van der Waals surface area contributed by atoms with Crippen LogP contribution in [0.5, 0.6) is 0 Å². The van der Waals surface area contributed by atoms with Crippen LogP contribution in [0.4, 0.5) is 10.5 Å². The Labute approximate surface area is 126 Å². The number of anilines is 1. The summed E-state index contributed by atoms with van der Waals surface area (Å²) in [6, 6.07) is 12.4. The molecule has 0 spiro atoms. The van der Waals surface area contributed by atoms with Crippen LogP contribution >= 0.6 is 0 Å². The number of hydrogen-bond donors (Lipinski definition) is 3. The molecule has 0 saturated heterocycles. The van der Waals surface area contributed by atoms with Gasteiger partial charge < -0.3 is 16.0 Å². The molecule has 6 heteroatoms. The topological polar surface area (TPSA) is 92.9 Å². The highest BCUT2D eigenvalue weighted by Crippen LogP contribution is 2.18. The number of nitrogens with zero attached hydrogens (tertiary/aromatic N) is 1. The summed E-state index contributed by atoms with van der Waals surface area (Å²) in [5.41, 5.74) is 8.80. The third kappa shape index (κ3) is 2.46. The van der Waals surface area contributed by atoms with E-state index in [9.17, 15) is 9.59 Å². The van der Waals surface area contributed by atoms with Crippen molar-refractivity contribution >= 4 is 22.8 Å². The molecule has 6 nitrogen and oxygen atoms in total. The number of H-pyrrole nitrogens is 1. The third-order valence-electron chi connectivity index (χ3n) is 3.56. The Bertz CT molecular complexity index is 894. The summed E-state index contributed by atoms with van der Waals surface area (Å²) in [7, 11) is 0. The molecule has 112 valence electrons. The van der Waals surface area contributed by atoms with Crippen LogP contribution in [0.1, 0.15) is 11.1 Å². The van der Waals surface area contributed by atoms with Crippen LogP contribution in [0.3, 0.4) is 0 Å². The van der Waals surface area contributed by atoms with Gasteiger partial charge in [0.05, 0.1) is 11.0 Å². The van der Waals surface area contributed by atoms with Gasteiger partial charge in [-0.1, -0.05) is 30.3 Å². The number of carbonyl (C=O) groups excluding carboxylic acids is 1. The number of fused-ring (bicyclic) bond motifs is 1. The number of imidazole rings is 1. The molecule has 3 aromatic rings. The molecular formula is C16H16N4O2. The second-order valence-electron chi connectivity index (χ2n) is 5.14. The van der Waals surface area contributed by atoms with E-state index >= 15 is 0 Å². The minimum Gasteiger partial charge on any atom is -0.398 e. The second-order valence-corrected chi connectivity index (χ2v) is 5.14. The fourth-order valence-corrected chi connectivity index (χ4v) is 2.33. The number of aryl methyl sites for hydroxylation is 1. The van der Waals surface area contributed by atoms with E-state index < -0.39 is 11.7 Å². The highest BCUT2D eigenvalue weighted by molar-refractivity contribution is 5.91. The molecule has 4 N–H and O–H groups in total. The van der Waals surface area contributed by atoms with Gasteiger partial charge in [-0.25, -0.2) is 14.2 Å². The molecule has 1 heterocycles. The Kier molecular flexibility index (Phi) is 3.42. The summed E-state index contributed by atoms with van der Waals surface area (Å²) in [5.74, 6) is 0. The number of nitrogens with two attached hydrogens (primary N) is 1. The van der Waals surface area contributed by atoms with Gasteiger partial charge in [0.15, 0.2) is 0 Å². The summed E-state index contributed by atoms with van der Waals surface area (Å²) in [5, 5.41) is 2.73. The van der Waals surface area contributed by atoms with Crippen molar-refractivity contribution < 1.29 is 4.79 Å². The zero-order valence-electron chi connectivity index (χ0n) is 12.1. The lowest BCUT2D eigenvalue weighted by molar-refractivity contribution is 0.242. The molecule has 0 atom stereocenters. The first-order valence-electron chi connectivity index (χ1n) is 6.89. The second kappa shape index (κ2) is 5.40. The van der Waals surface area contributed by atoms with Crippen molar-refractivity contribution in [2.75, 3.05) is 5.73 Å². The number of hydrogen-bond acceptors (Lipinski definition) is 3. The van der Waals surface area contributed by atoms with Crippen LogP contribution in [0, 0.1) is 6.92 Å². The molecule has 22 heavy (non-hydrogen) atoms. The molecule has 1 aromatic heterocycles. The number of carbonyl (C=O) groups is 1. The van der Waals surface area contributed by atoms with Crippen LogP contribution in [0.25, 0.3) is 11.0 Å². The number of amides is 1. The van der Waals surface area contributed by atoms with Crippen LogP contribution in [-0.2, 0) is 6.54 Å². The number of aromatic amines is 1.